The molecule has 0 aromatic carbocycles. The second-order valence-electron chi connectivity index (χ2n) is 6.46. The summed E-state index contributed by atoms with van der Waals surface area (Å²) >= 11 is 7.75. The molecule has 1 aliphatic heterocycles. The standard InChI is InChI=1S/C16H16ClN7S/c17-12-10(1-2-20-14(12)19)25-11-5-22-16(24-4-3-21-15(11)24)23-6-8-9(7-23)13(8)18/h1-5,8-9,13H,6-7,18H2,(H2,19,20)/t8-,9?,13+/m0/s1. The summed E-state index contributed by atoms with van der Waals surface area (Å²) < 4.78 is 2.02. The van der Waals surface area contributed by atoms with Crippen LogP contribution in [-0.2, 0) is 0 Å². The number of nitrogen functional groups attached to an aromatic ring is 1. The van der Waals surface area contributed by atoms with Crippen LogP contribution >= 0.6 is 23.4 Å². The van der Waals surface area contributed by atoms with Crippen molar-refractivity contribution in [3.05, 3.63) is 35.9 Å². The van der Waals surface area contributed by atoms with Crippen molar-refractivity contribution in [2.24, 2.45) is 17.6 Å². The van der Waals surface area contributed by atoms with Gasteiger partial charge in [-0.05, 0) is 17.9 Å². The SMILES string of the molecule is Nc1nccc(Sc2cnc(N3CC4[C@H](N)[C@H]4C3)n3ccnc23)c1Cl. The van der Waals surface area contributed by atoms with Crippen molar-refractivity contribution in [3.8, 4) is 0 Å². The molecule has 4 heterocycles. The third kappa shape index (κ3) is 2.36. The van der Waals surface area contributed by atoms with E-state index in [-0.39, 0.29) is 0 Å². The minimum atomic E-state index is 0.322. The fourth-order valence-corrected chi connectivity index (χ4v) is 4.70. The molecule has 3 atom stereocenters. The van der Waals surface area contributed by atoms with Crippen LogP contribution in [0.5, 0.6) is 0 Å². The van der Waals surface area contributed by atoms with Crippen LogP contribution < -0.4 is 16.4 Å². The van der Waals surface area contributed by atoms with Gasteiger partial charge in [0.1, 0.15) is 5.82 Å². The van der Waals surface area contributed by atoms with Crippen LogP contribution in [0.3, 0.4) is 0 Å². The van der Waals surface area contributed by atoms with E-state index in [9.17, 15) is 0 Å². The summed E-state index contributed by atoms with van der Waals surface area (Å²) in [5.41, 5.74) is 12.7. The third-order valence-corrected chi connectivity index (χ3v) is 6.59. The van der Waals surface area contributed by atoms with Gasteiger partial charge in [-0.3, -0.25) is 4.40 Å². The van der Waals surface area contributed by atoms with Gasteiger partial charge < -0.3 is 16.4 Å². The Morgan fingerprint density at radius 2 is 1.92 bits per heavy atom. The number of rotatable bonds is 3. The lowest BCUT2D eigenvalue weighted by molar-refractivity contribution is 0.718. The lowest BCUT2D eigenvalue weighted by atomic mass is 10.4. The first-order valence-electron chi connectivity index (χ1n) is 8.04. The van der Waals surface area contributed by atoms with Gasteiger partial charge in [0.2, 0.25) is 5.95 Å². The third-order valence-electron chi connectivity index (χ3n) is 5.02. The smallest absolute Gasteiger partial charge is 0.211 e. The Morgan fingerprint density at radius 1 is 1.12 bits per heavy atom. The second kappa shape index (κ2) is 5.48. The van der Waals surface area contributed by atoms with Crippen molar-refractivity contribution in [1.29, 1.82) is 0 Å². The Morgan fingerprint density at radius 3 is 2.72 bits per heavy atom. The zero-order valence-corrected chi connectivity index (χ0v) is 14.8. The Hall–Kier alpha value is -2.03. The van der Waals surface area contributed by atoms with Gasteiger partial charge in [0.25, 0.3) is 0 Å². The number of aromatic nitrogens is 4. The zero-order valence-electron chi connectivity index (χ0n) is 13.2. The molecule has 1 saturated carbocycles. The summed E-state index contributed by atoms with van der Waals surface area (Å²) in [7, 11) is 0. The van der Waals surface area contributed by atoms with Gasteiger partial charge in [-0.2, -0.15) is 0 Å². The average molecular weight is 374 g/mol. The Kier molecular flexibility index (Phi) is 3.34. The maximum Gasteiger partial charge on any atom is 0.211 e. The number of hydrogen-bond donors (Lipinski definition) is 2. The minimum absolute atomic E-state index is 0.322. The summed E-state index contributed by atoms with van der Waals surface area (Å²) in [6, 6.07) is 2.20. The molecule has 0 spiro atoms. The van der Waals surface area contributed by atoms with Gasteiger partial charge in [-0.1, -0.05) is 23.4 Å². The lowest BCUT2D eigenvalue weighted by Gasteiger charge is -2.21. The van der Waals surface area contributed by atoms with Gasteiger partial charge in [-0.15, -0.1) is 0 Å². The van der Waals surface area contributed by atoms with E-state index in [1.54, 1.807) is 12.4 Å². The van der Waals surface area contributed by atoms with Crippen molar-refractivity contribution in [3.63, 3.8) is 0 Å². The molecule has 1 aliphatic carbocycles. The minimum Gasteiger partial charge on any atom is -0.382 e. The molecule has 0 radical (unpaired) electrons. The molecule has 3 aromatic heterocycles. The van der Waals surface area contributed by atoms with E-state index in [1.807, 2.05) is 22.9 Å². The monoisotopic (exact) mass is 373 g/mol. The number of hydrogen-bond acceptors (Lipinski definition) is 7. The number of pyridine rings is 1. The van der Waals surface area contributed by atoms with E-state index in [0.29, 0.717) is 28.7 Å². The van der Waals surface area contributed by atoms with Gasteiger partial charge in [0.15, 0.2) is 5.65 Å². The van der Waals surface area contributed by atoms with E-state index in [1.165, 1.54) is 11.8 Å². The van der Waals surface area contributed by atoms with Gasteiger partial charge in [-0.25, -0.2) is 15.0 Å². The number of halogens is 1. The van der Waals surface area contributed by atoms with Crippen molar-refractivity contribution in [1.82, 2.24) is 19.4 Å². The van der Waals surface area contributed by atoms with Gasteiger partial charge in [0.05, 0.1) is 9.92 Å². The fourth-order valence-electron chi connectivity index (χ4n) is 3.56. The number of piperidine rings is 1. The number of anilines is 2. The Bertz CT molecular complexity index is 962. The van der Waals surface area contributed by atoms with Crippen molar-refractivity contribution < 1.29 is 0 Å². The molecule has 9 heteroatoms. The van der Waals surface area contributed by atoms with Crippen LogP contribution in [0.15, 0.2) is 40.6 Å². The molecule has 25 heavy (non-hydrogen) atoms. The molecule has 128 valence electrons. The summed E-state index contributed by atoms with van der Waals surface area (Å²) in [6.45, 7) is 1.93. The number of nitrogens with two attached hydrogens (primary N) is 2. The second-order valence-corrected chi connectivity index (χ2v) is 7.93. The molecular formula is C16H16ClN7S. The maximum atomic E-state index is 6.26. The molecule has 0 amide bonds. The summed E-state index contributed by atoms with van der Waals surface area (Å²) in [5.74, 6) is 2.45. The predicted octanol–water partition coefficient (Wildman–Crippen LogP) is 1.90. The highest BCUT2D eigenvalue weighted by Crippen LogP contribution is 2.45. The molecule has 4 N–H and O–H groups in total. The largest absolute Gasteiger partial charge is 0.382 e. The van der Waals surface area contributed by atoms with Crippen LogP contribution in [0.25, 0.3) is 5.65 Å². The average Bonchev–Trinajstić information content (AvgIpc) is 3.06. The number of nitrogens with zero attached hydrogens (tertiary/aromatic N) is 5. The van der Waals surface area contributed by atoms with E-state index in [2.05, 4.69) is 19.9 Å². The molecule has 0 bridgehead atoms. The van der Waals surface area contributed by atoms with Crippen molar-refractivity contribution >= 4 is 40.8 Å². The normalized spacial score (nSPS) is 24.7. The predicted molar refractivity (Wildman–Crippen MR) is 97.9 cm³/mol. The van der Waals surface area contributed by atoms with Crippen molar-refractivity contribution in [2.75, 3.05) is 23.7 Å². The van der Waals surface area contributed by atoms with E-state index >= 15 is 0 Å². The first kappa shape index (κ1) is 15.2. The van der Waals surface area contributed by atoms with Crippen LogP contribution in [0.4, 0.5) is 11.8 Å². The highest BCUT2D eigenvalue weighted by molar-refractivity contribution is 7.99. The molecule has 3 aromatic rings. The fraction of sp³-hybridized carbons (Fsp3) is 0.312. The van der Waals surface area contributed by atoms with Crippen LogP contribution in [0.2, 0.25) is 5.02 Å². The van der Waals surface area contributed by atoms with E-state index in [0.717, 1.165) is 34.5 Å². The summed E-state index contributed by atoms with van der Waals surface area (Å²) in [4.78, 5) is 17.2. The number of fused-ring (bicyclic) bond motifs is 2. The summed E-state index contributed by atoms with van der Waals surface area (Å²) in [5, 5.41) is 0.454. The van der Waals surface area contributed by atoms with Crippen molar-refractivity contribution in [2.45, 2.75) is 15.8 Å². The molecular weight excluding hydrogens is 358 g/mol. The molecule has 5 rings (SSSR count). The topological polar surface area (TPSA) is 98.4 Å². The number of imidazole rings is 1. The Balaban J connectivity index is 1.50. The molecule has 2 aliphatic rings. The maximum absolute atomic E-state index is 6.26. The van der Waals surface area contributed by atoms with Crippen LogP contribution in [0, 0.1) is 11.8 Å². The summed E-state index contributed by atoms with van der Waals surface area (Å²) in [6.07, 6.45) is 7.22. The molecule has 2 fully saturated rings. The highest BCUT2D eigenvalue weighted by atomic mass is 35.5. The molecule has 1 saturated heterocycles. The van der Waals surface area contributed by atoms with Gasteiger partial charge in [0, 0.05) is 48.8 Å². The van der Waals surface area contributed by atoms with Gasteiger partial charge >= 0.3 is 0 Å². The first-order valence-corrected chi connectivity index (χ1v) is 9.23. The zero-order chi connectivity index (χ0) is 17.1. The molecule has 7 nitrogen and oxygen atoms in total. The quantitative estimate of drug-likeness (QED) is 0.723. The van der Waals surface area contributed by atoms with Crippen LogP contribution in [0.1, 0.15) is 0 Å². The van der Waals surface area contributed by atoms with E-state index < -0.39 is 0 Å². The van der Waals surface area contributed by atoms with E-state index in [4.69, 9.17) is 23.1 Å². The highest BCUT2D eigenvalue weighted by Gasteiger charge is 2.54. The molecule has 1 unspecified atom stereocenters. The first-order chi connectivity index (χ1) is 12.1. The lowest BCUT2D eigenvalue weighted by Crippen LogP contribution is -2.30. The van der Waals surface area contributed by atoms with Crippen LogP contribution in [-0.4, -0.2) is 38.5 Å². The Labute approximate surface area is 153 Å².